The van der Waals surface area contributed by atoms with Gasteiger partial charge in [-0.2, -0.15) is 0 Å². The molecular formula is C23H22Cl3NO4. The van der Waals surface area contributed by atoms with E-state index in [1.807, 2.05) is 42.5 Å². The maximum atomic E-state index is 6.21. The largest absolute Gasteiger partial charge is 0.493 e. The fourth-order valence-electron chi connectivity index (χ4n) is 3.14. The Morgan fingerprint density at radius 2 is 1.61 bits per heavy atom. The second-order valence-corrected chi connectivity index (χ2v) is 7.64. The minimum atomic E-state index is 0. The average Bonchev–Trinajstić information content (AvgIpc) is 3.21. The van der Waals surface area contributed by atoms with Gasteiger partial charge in [-0.15, -0.1) is 12.4 Å². The van der Waals surface area contributed by atoms with Crippen LogP contribution in [0.25, 0.3) is 0 Å². The van der Waals surface area contributed by atoms with Crippen LogP contribution in [0.1, 0.15) is 16.7 Å². The lowest BCUT2D eigenvalue weighted by Gasteiger charge is -2.13. The van der Waals surface area contributed by atoms with E-state index in [4.69, 9.17) is 42.1 Å². The van der Waals surface area contributed by atoms with E-state index in [2.05, 4.69) is 5.32 Å². The number of rotatable bonds is 8. The molecular weight excluding hydrogens is 461 g/mol. The molecule has 0 aliphatic carbocycles. The molecule has 0 spiro atoms. The predicted molar refractivity (Wildman–Crippen MR) is 124 cm³/mol. The molecule has 3 aromatic carbocycles. The maximum absolute atomic E-state index is 6.21. The Labute approximate surface area is 197 Å². The Bertz CT molecular complexity index is 1050. The lowest BCUT2D eigenvalue weighted by atomic mass is 10.1. The number of benzene rings is 3. The molecule has 1 aliphatic rings. The summed E-state index contributed by atoms with van der Waals surface area (Å²) in [6, 6.07) is 17.2. The van der Waals surface area contributed by atoms with Gasteiger partial charge in [0.25, 0.3) is 0 Å². The van der Waals surface area contributed by atoms with Gasteiger partial charge in [0.15, 0.2) is 23.0 Å². The molecule has 1 aliphatic heterocycles. The summed E-state index contributed by atoms with van der Waals surface area (Å²) in [7, 11) is 1.63. The second-order valence-electron chi connectivity index (χ2n) is 6.80. The summed E-state index contributed by atoms with van der Waals surface area (Å²) < 4.78 is 22.2. The van der Waals surface area contributed by atoms with Crippen molar-refractivity contribution in [2.24, 2.45) is 0 Å². The molecule has 0 bridgehead atoms. The summed E-state index contributed by atoms with van der Waals surface area (Å²) in [5.74, 6) is 2.91. The smallest absolute Gasteiger partial charge is 0.231 e. The van der Waals surface area contributed by atoms with Crippen LogP contribution in [0, 0.1) is 0 Å². The summed E-state index contributed by atoms with van der Waals surface area (Å²) in [5.41, 5.74) is 3.08. The van der Waals surface area contributed by atoms with Crippen LogP contribution in [0.2, 0.25) is 10.0 Å². The van der Waals surface area contributed by atoms with Gasteiger partial charge in [0.1, 0.15) is 6.61 Å². The molecule has 0 atom stereocenters. The quantitative estimate of drug-likeness (QED) is 0.425. The maximum Gasteiger partial charge on any atom is 0.231 e. The van der Waals surface area contributed by atoms with Gasteiger partial charge >= 0.3 is 0 Å². The molecule has 0 fully saturated rings. The van der Waals surface area contributed by atoms with E-state index in [1.165, 1.54) is 0 Å². The molecule has 0 amide bonds. The van der Waals surface area contributed by atoms with Crippen LogP contribution in [0.4, 0.5) is 0 Å². The number of nitrogens with one attached hydrogen (secondary N) is 1. The Morgan fingerprint density at radius 3 is 2.39 bits per heavy atom. The van der Waals surface area contributed by atoms with Gasteiger partial charge in [0, 0.05) is 28.7 Å². The average molecular weight is 483 g/mol. The van der Waals surface area contributed by atoms with Crippen LogP contribution in [-0.4, -0.2) is 13.9 Å². The number of halogens is 3. The molecule has 0 radical (unpaired) electrons. The summed E-state index contributed by atoms with van der Waals surface area (Å²) in [4.78, 5) is 0. The second kappa shape index (κ2) is 10.8. The number of hydrogen-bond donors (Lipinski definition) is 1. The van der Waals surface area contributed by atoms with Crippen LogP contribution < -0.4 is 24.3 Å². The molecule has 8 heteroatoms. The van der Waals surface area contributed by atoms with Crippen molar-refractivity contribution >= 4 is 35.6 Å². The normalized spacial score (nSPS) is 11.7. The molecule has 1 heterocycles. The third-order valence-corrected chi connectivity index (χ3v) is 5.31. The van der Waals surface area contributed by atoms with Crippen molar-refractivity contribution in [2.75, 3.05) is 13.9 Å². The van der Waals surface area contributed by atoms with Crippen LogP contribution >= 0.6 is 35.6 Å². The topological polar surface area (TPSA) is 49.0 Å². The zero-order valence-corrected chi connectivity index (χ0v) is 19.2. The molecule has 164 valence electrons. The summed E-state index contributed by atoms with van der Waals surface area (Å²) in [6.07, 6.45) is 0. The zero-order chi connectivity index (χ0) is 20.9. The third kappa shape index (κ3) is 5.89. The highest BCUT2D eigenvalue weighted by molar-refractivity contribution is 6.35. The molecule has 3 aromatic rings. The summed E-state index contributed by atoms with van der Waals surface area (Å²) in [6.45, 7) is 2.01. The minimum Gasteiger partial charge on any atom is -0.493 e. The highest BCUT2D eigenvalue weighted by Crippen LogP contribution is 2.33. The fourth-order valence-corrected chi connectivity index (χ4v) is 3.60. The van der Waals surface area contributed by atoms with Crippen LogP contribution in [0.5, 0.6) is 23.0 Å². The summed E-state index contributed by atoms with van der Waals surface area (Å²) >= 11 is 12.2. The summed E-state index contributed by atoms with van der Waals surface area (Å²) in [5, 5.41) is 4.60. The molecule has 0 saturated carbocycles. The first kappa shape index (κ1) is 23.4. The lowest BCUT2D eigenvalue weighted by Crippen LogP contribution is -2.12. The van der Waals surface area contributed by atoms with Crippen LogP contribution in [0.15, 0.2) is 54.6 Å². The molecule has 0 saturated heterocycles. The van der Waals surface area contributed by atoms with Crippen molar-refractivity contribution in [3.63, 3.8) is 0 Å². The molecule has 0 unspecified atom stereocenters. The lowest BCUT2D eigenvalue weighted by molar-refractivity contribution is 0.174. The SMILES string of the molecule is COc1cc(CNCc2ccc3c(c2)OCO3)ccc1OCc1ccc(Cl)cc1Cl.Cl. The highest BCUT2D eigenvalue weighted by Gasteiger charge is 2.13. The zero-order valence-electron chi connectivity index (χ0n) is 16.8. The minimum absolute atomic E-state index is 0. The van der Waals surface area contributed by atoms with Gasteiger partial charge in [0.2, 0.25) is 6.79 Å². The fraction of sp³-hybridized carbons (Fsp3) is 0.217. The Kier molecular flexibility index (Phi) is 8.15. The van der Waals surface area contributed by atoms with Gasteiger partial charge in [-0.3, -0.25) is 0 Å². The van der Waals surface area contributed by atoms with Crippen molar-refractivity contribution < 1.29 is 18.9 Å². The van der Waals surface area contributed by atoms with Crippen molar-refractivity contribution in [1.29, 1.82) is 0 Å². The van der Waals surface area contributed by atoms with E-state index in [0.717, 1.165) is 28.2 Å². The van der Waals surface area contributed by atoms with Crippen LogP contribution in [-0.2, 0) is 19.7 Å². The third-order valence-electron chi connectivity index (χ3n) is 4.72. The van der Waals surface area contributed by atoms with E-state index >= 15 is 0 Å². The number of methoxy groups -OCH3 is 1. The number of fused-ring (bicyclic) bond motifs is 1. The predicted octanol–water partition coefficient (Wildman–Crippen LogP) is 6.02. The Morgan fingerprint density at radius 1 is 0.871 bits per heavy atom. The molecule has 4 rings (SSSR count). The monoisotopic (exact) mass is 481 g/mol. The van der Waals surface area contributed by atoms with E-state index in [-0.39, 0.29) is 19.2 Å². The first-order valence-corrected chi connectivity index (χ1v) is 10.2. The Hall–Kier alpha value is -2.31. The van der Waals surface area contributed by atoms with Gasteiger partial charge in [0.05, 0.1) is 7.11 Å². The first-order chi connectivity index (χ1) is 14.6. The standard InChI is InChI=1S/C23H21Cl2NO4.ClH/c1-27-22-8-15(11-26-12-16-3-7-21-23(9-16)30-14-29-21)2-6-20(22)28-13-17-4-5-18(24)10-19(17)25;/h2-10,26H,11-14H2,1H3;1H. The van der Waals surface area contributed by atoms with Gasteiger partial charge < -0.3 is 24.3 Å². The van der Waals surface area contributed by atoms with Crippen molar-refractivity contribution in [2.45, 2.75) is 19.7 Å². The van der Waals surface area contributed by atoms with Gasteiger partial charge in [-0.25, -0.2) is 0 Å². The van der Waals surface area contributed by atoms with Crippen molar-refractivity contribution in [1.82, 2.24) is 5.32 Å². The number of hydrogen-bond acceptors (Lipinski definition) is 5. The molecule has 5 nitrogen and oxygen atoms in total. The van der Waals surface area contributed by atoms with Gasteiger partial charge in [-0.05, 0) is 47.5 Å². The molecule has 1 N–H and O–H groups in total. The van der Waals surface area contributed by atoms with Gasteiger partial charge in [-0.1, -0.05) is 41.4 Å². The van der Waals surface area contributed by atoms with Crippen molar-refractivity contribution in [3.05, 3.63) is 81.3 Å². The highest BCUT2D eigenvalue weighted by atomic mass is 35.5. The van der Waals surface area contributed by atoms with E-state index < -0.39 is 0 Å². The molecule has 31 heavy (non-hydrogen) atoms. The van der Waals surface area contributed by atoms with E-state index in [0.29, 0.717) is 41.2 Å². The first-order valence-electron chi connectivity index (χ1n) is 9.45. The van der Waals surface area contributed by atoms with E-state index in [9.17, 15) is 0 Å². The van der Waals surface area contributed by atoms with Crippen molar-refractivity contribution in [3.8, 4) is 23.0 Å². The van der Waals surface area contributed by atoms with Crippen LogP contribution in [0.3, 0.4) is 0 Å². The Balaban J connectivity index is 0.00000272. The number of ether oxygens (including phenoxy) is 4. The van der Waals surface area contributed by atoms with E-state index in [1.54, 1.807) is 19.2 Å². The molecule has 0 aromatic heterocycles.